The number of hydrogen-bond acceptors (Lipinski definition) is 5. The predicted molar refractivity (Wildman–Crippen MR) is 99.6 cm³/mol. The first-order chi connectivity index (χ1) is 11.1. The summed E-state index contributed by atoms with van der Waals surface area (Å²) in [5, 5.41) is 4.75. The van der Waals surface area contributed by atoms with E-state index in [9.17, 15) is 0 Å². The number of likely N-dealkylation sites (N-methyl/N-ethyl adjacent to an activating group) is 1. The van der Waals surface area contributed by atoms with Gasteiger partial charge in [0.05, 0.1) is 5.39 Å². The predicted octanol–water partition coefficient (Wildman–Crippen LogP) is 4.29. The fraction of sp³-hybridized carbons (Fsp3) is 0.294. The van der Waals surface area contributed by atoms with E-state index in [-0.39, 0.29) is 5.28 Å². The summed E-state index contributed by atoms with van der Waals surface area (Å²) in [6, 6.07) is 10.4. The van der Waals surface area contributed by atoms with Gasteiger partial charge in [0, 0.05) is 23.5 Å². The van der Waals surface area contributed by atoms with E-state index in [4.69, 9.17) is 11.6 Å². The number of fused-ring (bicyclic) bond motifs is 1. The van der Waals surface area contributed by atoms with Crippen LogP contribution in [0.5, 0.6) is 0 Å². The van der Waals surface area contributed by atoms with Crippen LogP contribution in [0.15, 0.2) is 30.3 Å². The number of nitrogens with one attached hydrogen (secondary N) is 1. The van der Waals surface area contributed by atoms with Crippen LogP contribution < -0.4 is 5.32 Å². The normalized spacial score (nSPS) is 11.3. The summed E-state index contributed by atoms with van der Waals surface area (Å²) in [4.78, 5) is 13.1. The van der Waals surface area contributed by atoms with Crippen LogP contribution in [-0.2, 0) is 0 Å². The summed E-state index contributed by atoms with van der Waals surface area (Å²) in [5.74, 6) is 0.810. The van der Waals surface area contributed by atoms with Gasteiger partial charge < -0.3 is 10.2 Å². The number of nitrogens with zero attached hydrogens (tertiary/aromatic N) is 3. The van der Waals surface area contributed by atoms with Gasteiger partial charge in [0.15, 0.2) is 0 Å². The van der Waals surface area contributed by atoms with Crippen molar-refractivity contribution in [3.63, 3.8) is 0 Å². The molecule has 0 bridgehead atoms. The molecule has 2 heterocycles. The fourth-order valence-corrected chi connectivity index (χ4v) is 3.83. The molecule has 0 saturated heterocycles. The lowest BCUT2D eigenvalue weighted by Gasteiger charge is -2.12. The number of anilines is 1. The third-order valence-corrected chi connectivity index (χ3v) is 4.78. The minimum Gasteiger partial charge on any atom is -0.368 e. The van der Waals surface area contributed by atoms with Crippen LogP contribution in [0.4, 0.5) is 5.82 Å². The molecule has 0 saturated carbocycles. The molecule has 0 amide bonds. The highest BCUT2D eigenvalue weighted by atomic mass is 35.5. The molecule has 0 aliphatic rings. The van der Waals surface area contributed by atoms with Gasteiger partial charge in [0.1, 0.15) is 10.6 Å². The van der Waals surface area contributed by atoms with E-state index >= 15 is 0 Å². The third kappa shape index (κ3) is 3.47. The Kier molecular flexibility index (Phi) is 4.80. The van der Waals surface area contributed by atoms with E-state index in [2.05, 4.69) is 39.2 Å². The van der Waals surface area contributed by atoms with Gasteiger partial charge in [-0.25, -0.2) is 9.97 Å². The molecule has 6 heteroatoms. The van der Waals surface area contributed by atoms with Gasteiger partial charge in [0.2, 0.25) is 5.28 Å². The molecule has 1 aromatic carbocycles. The van der Waals surface area contributed by atoms with Crippen molar-refractivity contribution < 1.29 is 0 Å². The minimum atomic E-state index is 0.283. The van der Waals surface area contributed by atoms with Crippen molar-refractivity contribution in [3.05, 3.63) is 40.5 Å². The zero-order chi connectivity index (χ0) is 16.4. The van der Waals surface area contributed by atoms with E-state index in [1.807, 2.05) is 32.3 Å². The summed E-state index contributed by atoms with van der Waals surface area (Å²) in [7, 11) is 4.10. The summed E-state index contributed by atoms with van der Waals surface area (Å²) in [6.07, 6.45) is 0. The van der Waals surface area contributed by atoms with Crippen LogP contribution in [0, 0.1) is 6.92 Å². The molecule has 4 nitrogen and oxygen atoms in total. The Morgan fingerprint density at radius 2 is 1.91 bits per heavy atom. The highest BCUT2D eigenvalue weighted by molar-refractivity contribution is 7.19. The maximum Gasteiger partial charge on any atom is 0.225 e. The quantitative estimate of drug-likeness (QED) is 0.699. The van der Waals surface area contributed by atoms with Crippen molar-refractivity contribution in [2.24, 2.45) is 0 Å². The molecule has 0 radical (unpaired) electrons. The maximum atomic E-state index is 6.11. The monoisotopic (exact) mass is 346 g/mol. The first-order valence-electron chi connectivity index (χ1n) is 7.47. The number of hydrogen-bond donors (Lipinski definition) is 1. The Labute approximate surface area is 145 Å². The lowest BCUT2D eigenvalue weighted by molar-refractivity contribution is 0.425. The highest BCUT2D eigenvalue weighted by Gasteiger charge is 2.17. The molecule has 3 aromatic rings. The van der Waals surface area contributed by atoms with E-state index in [1.165, 1.54) is 16.0 Å². The Balaban J connectivity index is 2.11. The Hall–Kier alpha value is -1.69. The molecule has 0 unspecified atom stereocenters. The second-order valence-corrected chi connectivity index (χ2v) is 7.19. The minimum absolute atomic E-state index is 0.283. The Bertz CT molecular complexity index is 814. The number of aromatic nitrogens is 2. The summed E-state index contributed by atoms with van der Waals surface area (Å²) in [6.45, 7) is 3.84. The average Bonchev–Trinajstić information content (AvgIpc) is 2.83. The first kappa shape index (κ1) is 16.2. The van der Waals surface area contributed by atoms with Crippen molar-refractivity contribution >= 4 is 39.0 Å². The average molecular weight is 347 g/mol. The smallest absolute Gasteiger partial charge is 0.225 e. The zero-order valence-corrected chi connectivity index (χ0v) is 15.0. The van der Waals surface area contributed by atoms with Crippen LogP contribution in [-0.4, -0.2) is 42.1 Å². The Morgan fingerprint density at radius 1 is 1.17 bits per heavy atom. The molecular weight excluding hydrogens is 328 g/mol. The number of benzene rings is 1. The van der Waals surface area contributed by atoms with Gasteiger partial charge in [-0.15, -0.1) is 11.3 Å². The van der Waals surface area contributed by atoms with Crippen LogP contribution in [0.2, 0.25) is 5.28 Å². The molecule has 23 heavy (non-hydrogen) atoms. The molecule has 0 fully saturated rings. The van der Waals surface area contributed by atoms with Crippen molar-refractivity contribution in [1.29, 1.82) is 0 Å². The van der Waals surface area contributed by atoms with Crippen LogP contribution in [0.3, 0.4) is 0 Å². The van der Waals surface area contributed by atoms with Gasteiger partial charge in [-0.05, 0) is 38.2 Å². The molecule has 0 spiro atoms. The van der Waals surface area contributed by atoms with E-state index < -0.39 is 0 Å². The third-order valence-electron chi connectivity index (χ3n) is 3.61. The fourth-order valence-electron chi connectivity index (χ4n) is 2.56. The molecule has 0 aliphatic carbocycles. The van der Waals surface area contributed by atoms with Crippen molar-refractivity contribution in [3.8, 4) is 11.1 Å². The van der Waals surface area contributed by atoms with Crippen molar-refractivity contribution in [1.82, 2.24) is 14.9 Å². The van der Waals surface area contributed by atoms with Crippen molar-refractivity contribution in [2.75, 3.05) is 32.5 Å². The van der Waals surface area contributed by atoms with E-state index in [0.717, 1.165) is 29.1 Å². The zero-order valence-electron chi connectivity index (χ0n) is 13.4. The first-order valence-corrected chi connectivity index (χ1v) is 8.66. The van der Waals surface area contributed by atoms with Gasteiger partial charge in [-0.1, -0.05) is 30.3 Å². The van der Waals surface area contributed by atoms with Crippen LogP contribution in [0.25, 0.3) is 21.3 Å². The topological polar surface area (TPSA) is 41.1 Å². The number of thiophene rings is 1. The lowest BCUT2D eigenvalue weighted by Crippen LogP contribution is -2.21. The van der Waals surface area contributed by atoms with Gasteiger partial charge >= 0.3 is 0 Å². The molecule has 0 aliphatic heterocycles. The molecule has 3 rings (SSSR count). The molecule has 120 valence electrons. The van der Waals surface area contributed by atoms with Gasteiger partial charge in [0.25, 0.3) is 0 Å². The lowest BCUT2D eigenvalue weighted by atomic mass is 10.0. The van der Waals surface area contributed by atoms with E-state index in [0.29, 0.717) is 0 Å². The Morgan fingerprint density at radius 3 is 2.61 bits per heavy atom. The maximum absolute atomic E-state index is 6.11. The molecule has 1 N–H and O–H groups in total. The second kappa shape index (κ2) is 6.83. The van der Waals surface area contributed by atoms with Crippen LogP contribution >= 0.6 is 22.9 Å². The number of rotatable bonds is 5. The summed E-state index contributed by atoms with van der Waals surface area (Å²) < 4.78 is 0. The molecule has 2 aromatic heterocycles. The molecule has 0 atom stereocenters. The molecular formula is C17H19ClN4S. The van der Waals surface area contributed by atoms with Gasteiger partial charge in [-0.3, -0.25) is 0 Å². The number of aryl methyl sites for hydroxylation is 1. The van der Waals surface area contributed by atoms with Crippen molar-refractivity contribution in [2.45, 2.75) is 6.92 Å². The summed E-state index contributed by atoms with van der Waals surface area (Å²) in [5.41, 5.74) is 2.37. The highest BCUT2D eigenvalue weighted by Crippen LogP contribution is 2.40. The summed E-state index contributed by atoms with van der Waals surface area (Å²) >= 11 is 7.76. The largest absolute Gasteiger partial charge is 0.368 e. The SMILES string of the molecule is Cc1sc2nc(Cl)nc(NCCN(C)C)c2c1-c1ccccc1. The standard InChI is InChI=1S/C17H19ClN4S/c1-11-13(12-7-5-4-6-8-12)14-15(19-9-10-22(2)3)20-17(18)21-16(14)23-11/h4-8H,9-10H2,1-3H3,(H,19,20,21). The van der Waals surface area contributed by atoms with Crippen LogP contribution in [0.1, 0.15) is 4.88 Å². The number of halogens is 1. The van der Waals surface area contributed by atoms with Gasteiger partial charge in [-0.2, -0.15) is 0 Å². The second-order valence-electron chi connectivity index (χ2n) is 5.65. The van der Waals surface area contributed by atoms with E-state index in [1.54, 1.807) is 11.3 Å².